The first-order chi connectivity index (χ1) is 10.6. The van der Waals surface area contributed by atoms with E-state index in [-0.39, 0.29) is 17.3 Å². The monoisotopic (exact) mass is 327 g/mol. The highest BCUT2D eigenvalue weighted by Crippen LogP contribution is 2.31. The molecule has 1 aromatic rings. The molecular formula is C13H17N3O5S. The van der Waals surface area contributed by atoms with E-state index in [2.05, 4.69) is 15.0 Å². The number of ether oxygens (including phenoxy) is 2. The van der Waals surface area contributed by atoms with Gasteiger partial charge in [0.05, 0.1) is 36.1 Å². The summed E-state index contributed by atoms with van der Waals surface area (Å²) in [6.07, 6.45) is 0.265. The second-order valence-corrected chi connectivity index (χ2v) is 4.80. The lowest BCUT2D eigenvalue weighted by molar-refractivity contribution is -0.384. The van der Waals surface area contributed by atoms with E-state index >= 15 is 0 Å². The van der Waals surface area contributed by atoms with Crippen LogP contribution in [0.5, 0.6) is 5.75 Å². The summed E-state index contributed by atoms with van der Waals surface area (Å²) < 4.78 is 9.76. The van der Waals surface area contributed by atoms with Crippen LogP contribution < -0.4 is 10.1 Å². The van der Waals surface area contributed by atoms with Crippen LogP contribution in [-0.4, -0.2) is 36.2 Å². The second-order valence-electron chi connectivity index (χ2n) is 3.97. The van der Waals surface area contributed by atoms with Gasteiger partial charge in [-0.15, -0.1) is 0 Å². The zero-order valence-electron chi connectivity index (χ0n) is 12.3. The van der Waals surface area contributed by atoms with Crippen LogP contribution in [-0.2, 0) is 4.74 Å². The van der Waals surface area contributed by atoms with Crippen LogP contribution in [0.25, 0.3) is 0 Å². The summed E-state index contributed by atoms with van der Waals surface area (Å²) in [6.45, 7) is 2.45. The van der Waals surface area contributed by atoms with Gasteiger partial charge in [0, 0.05) is 0 Å². The van der Waals surface area contributed by atoms with Crippen LogP contribution in [0.2, 0.25) is 0 Å². The molecule has 8 nitrogen and oxygen atoms in total. The van der Waals surface area contributed by atoms with Crippen LogP contribution >= 0.6 is 11.8 Å². The van der Waals surface area contributed by atoms with Crippen molar-refractivity contribution in [2.24, 2.45) is 4.99 Å². The van der Waals surface area contributed by atoms with E-state index in [9.17, 15) is 14.9 Å². The number of nitro benzene ring substituents is 1. The number of methoxy groups -OCH3 is 1. The first-order valence-electron chi connectivity index (χ1n) is 6.45. The first-order valence-corrected chi connectivity index (χ1v) is 7.50. The summed E-state index contributed by atoms with van der Waals surface area (Å²) >= 11 is 1.17. The maximum absolute atomic E-state index is 11.1. The Morgan fingerprint density at radius 1 is 1.55 bits per heavy atom. The molecule has 0 spiro atoms. The quantitative estimate of drug-likeness (QED) is 0.196. The van der Waals surface area contributed by atoms with E-state index in [1.807, 2.05) is 6.92 Å². The van der Waals surface area contributed by atoms with Gasteiger partial charge in [0.25, 0.3) is 5.69 Å². The fourth-order valence-electron chi connectivity index (χ4n) is 1.37. The minimum atomic E-state index is -0.552. The molecule has 9 heteroatoms. The highest BCUT2D eigenvalue weighted by atomic mass is 32.2. The van der Waals surface area contributed by atoms with Gasteiger partial charge in [-0.2, -0.15) is 0 Å². The van der Waals surface area contributed by atoms with Gasteiger partial charge in [-0.25, -0.2) is 9.79 Å². The van der Waals surface area contributed by atoms with Crippen molar-refractivity contribution in [3.63, 3.8) is 0 Å². The van der Waals surface area contributed by atoms with E-state index in [1.54, 1.807) is 6.07 Å². The molecule has 0 aliphatic rings. The van der Waals surface area contributed by atoms with Crippen molar-refractivity contribution in [1.82, 2.24) is 5.32 Å². The minimum absolute atomic E-state index is 0.133. The van der Waals surface area contributed by atoms with Gasteiger partial charge in [0.2, 0.25) is 0 Å². The summed E-state index contributed by atoms with van der Waals surface area (Å²) in [5.74, 6) is 0.689. The molecule has 0 saturated carbocycles. The summed E-state index contributed by atoms with van der Waals surface area (Å²) in [6, 6.07) is 4.50. The number of hydrogen-bond acceptors (Lipinski definition) is 7. The van der Waals surface area contributed by atoms with E-state index in [1.165, 1.54) is 36.6 Å². The molecule has 0 aromatic heterocycles. The predicted octanol–water partition coefficient (Wildman–Crippen LogP) is 3.09. The number of thioether (sulfide) groups is 1. The van der Waals surface area contributed by atoms with Crippen molar-refractivity contribution >= 4 is 34.8 Å². The van der Waals surface area contributed by atoms with Gasteiger partial charge in [-0.1, -0.05) is 18.7 Å². The fraction of sp³-hybridized carbons (Fsp3) is 0.385. The average Bonchev–Trinajstić information content (AvgIpc) is 2.52. The van der Waals surface area contributed by atoms with Crippen LogP contribution in [0.3, 0.4) is 0 Å². The third kappa shape index (κ3) is 6.00. The zero-order valence-corrected chi connectivity index (χ0v) is 13.1. The number of nitrogens with one attached hydrogen (secondary N) is 1. The number of aliphatic imine (C=N–C) groups is 1. The van der Waals surface area contributed by atoms with Crippen molar-refractivity contribution < 1.29 is 19.2 Å². The van der Waals surface area contributed by atoms with E-state index < -0.39 is 11.0 Å². The molecule has 0 heterocycles. The molecule has 0 saturated heterocycles. The normalized spacial score (nSPS) is 10.5. The number of amides is 1. The molecule has 1 amide bonds. The van der Waals surface area contributed by atoms with Crippen molar-refractivity contribution in [3.05, 3.63) is 28.3 Å². The van der Waals surface area contributed by atoms with Crippen LogP contribution in [0, 0.1) is 10.1 Å². The Morgan fingerprint density at radius 2 is 2.32 bits per heavy atom. The highest BCUT2D eigenvalue weighted by molar-refractivity contribution is 8.12. The predicted molar refractivity (Wildman–Crippen MR) is 85.0 cm³/mol. The number of benzene rings is 1. The third-order valence-electron chi connectivity index (χ3n) is 2.37. The molecule has 0 bridgehead atoms. The number of hydrogen-bond donors (Lipinski definition) is 1. The Labute approximate surface area is 132 Å². The van der Waals surface area contributed by atoms with Crippen molar-refractivity contribution in [2.75, 3.05) is 19.6 Å². The van der Waals surface area contributed by atoms with E-state index in [4.69, 9.17) is 4.74 Å². The minimum Gasteiger partial charge on any atom is -0.493 e. The molecule has 120 valence electrons. The topological polar surface area (TPSA) is 103 Å². The molecular weight excluding hydrogens is 310 g/mol. The zero-order chi connectivity index (χ0) is 16.4. The van der Waals surface area contributed by atoms with Gasteiger partial charge in [-0.05, 0) is 18.6 Å². The van der Waals surface area contributed by atoms with Gasteiger partial charge in [0.1, 0.15) is 11.4 Å². The standard InChI is InChI=1S/C13H17N3O5S/c1-3-6-21-10-4-5-11(12(7-10)16(18)19)14-8-22-9-15-13(17)20-2/h4-5,7-8H,3,6,9H2,1-2H3,(H,15,17). The molecule has 1 N–H and O–H groups in total. The molecule has 0 aliphatic heterocycles. The number of rotatable bonds is 8. The van der Waals surface area contributed by atoms with Crippen LogP contribution in [0.1, 0.15) is 13.3 Å². The number of carbonyl (C=O) groups excluding carboxylic acids is 1. The fourth-order valence-corrected chi connectivity index (χ4v) is 1.84. The molecule has 22 heavy (non-hydrogen) atoms. The molecule has 1 aromatic carbocycles. The third-order valence-corrected chi connectivity index (χ3v) is 2.93. The molecule has 1 rings (SSSR count). The number of alkyl carbamates (subject to hydrolysis) is 1. The van der Waals surface area contributed by atoms with Gasteiger partial charge >= 0.3 is 6.09 Å². The summed E-state index contributed by atoms with van der Waals surface area (Å²) in [4.78, 5) is 25.4. The van der Waals surface area contributed by atoms with Crippen LogP contribution in [0.4, 0.5) is 16.2 Å². The Morgan fingerprint density at radius 3 is 2.95 bits per heavy atom. The van der Waals surface area contributed by atoms with Gasteiger partial charge in [0.15, 0.2) is 0 Å². The highest BCUT2D eigenvalue weighted by Gasteiger charge is 2.14. The smallest absolute Gasteiger partial charge is 0.407 e. The SMILES string of the molecule is CCCOc1ccc(N=CSCNC(=O)OC)c([N+](=O)[O-])c1. The molecule has 0 radical (unpaired) electrons. The first kappa shape index (κ1) is 17.8. The Hall–Kier alpha value is -2.29. The summed E-state index contributed by atoms with van der Waals surface area (Å²) in [5, 5.41) is 13.5. The maximum Gasteiger partial charge on any atom is 0.407 e. The van der Waals surface area contributed by atoms with Crippen molar-refractivity contribution in [3.8, 4) is 5.75 Å². The van der Waals surface area contributed by atoms with E-state index in [0.29, 0.717) is 12.4 Å². The van der Waals surface area contributed by atoms with Gasteiger partial charge < -0.3 is 14.8 Å². The lowest BCUT2D eigenvalue weighted by Gasteiger charge is -2.05. The van der Waals surface area contributed by atoms with Crippen LogP contribution in [0.15, 0.2) is 23.2 Å². The van der Waals surface area contributed by atoms with E-state index in [0.717, 1.165) is 6.42 Å². The average molecular weight is 327 g/mol. The number of carbonyl (C=O) groups is 1. The lowest BCUT2D eigenvalue weighted by atomic mass is 10.2. The largest absolute Gasteiger partial charge is 0.493 e. The second kappa shape index (κ2) is 9.61. The van der Waals surface area contributed by atoms with Crippen molar-refractivity contribution in [1.29, 1.82) is 0 Å². The molecule has 0 fully saturated rings. The summed E-state index contributed by atoms with van der Waals surface area (Å²) in [7, 11) is 1.26. The lowest BCUT2D eigenvalue weighted by Crippen LogP contribution is -2.22. The Bertz CT molecular complexity index is 550. The van der Waals surface area contributed by atoms with Gasteiger partial charge in [-0.3, -0.25) is 10.1 Å². The number of nitrogens with zero attached hydrogens (tertiary/aromatic N) is 2. The molecule has 0 atom stereocenters. The Kier molecular flexibility index (Phi) is 7.76. The summed E-state index contributed by atoms with van der Waals surface area (Å²) in [5.41, 5.74) is 1.51. The Balaban J connectivity index is 2.68. The number of nitro groups is 1. The maximum atomic E-state index is 11.1. The molecule has 0 unspecified atom stereocenters. The van der Waals surface area contributed by atoms with Crippen molar-refractivity contribution in [2.45, 2.75) is 13.3 Å². The molecule has 0 aliphatic carbocycles.